The Morgan fingerprint density at radius 2 is 1.62 bits per heavy atom. The zero-order valence-electron chi connectivity index (χ0n) is 40.7. The molecule has 0 aromatic rings. The molecule has 0 aromatic carbocycles. The van der Waals surface area contributed by atoms with E-state index in [0.717, 1.165) is 24.8 Å². The third-order valence-electron chi connectivity index (χ3n) is 15.2. The van der Waals surface area contributed by atoms with Gasteiger partial charge in [-0.3, -0.25) is 19.2 Å². The fraction of sp³-hybridized carbons (Fsp3) is 0.750. The van der Waals surface area contributed by atoms with Gasteiger partial charge in [-0.25, -0.2) is 4.79 Å². The summed E-state index contributed by atoms with van der Waals surface area (Å²) in [6.45, 7) is 14.8. The molecule has 65 heavy (non-hydrogen) atoms. The van der Waals surface area contributed by atoms with Gasteiger partial charge in [0.05, 0.1) is 12.2 Å². The van der Waals surface area contributed by atoms with Crippen molar-refractivity contribution < 1.29 is 58.6 Å². The van der Waals surface area contributed by atoms with Crippen LogP contribution in [0.25, 0.3) is 0 Å². The van der Waals surface area contributed by atoms with Gasteiger partial charge >= 0.3 is 5.97 Å². The van der Waals surface area contributed by atoms with Crippen LogP contribution in [0.3, 0.4) is 0 Å². The first-order chi connectivity index (χ1) is 30.7. The number of fused-ring (bicyclic) bond motifs is 3. The molecular weight excluding hydrogens is 831 g/mol. The number of piperidine rings is 1. The van der Waals surface area contributed by atoms with Crippen molar-refractivity contribution in [1.29, 1.82) is 0 Å². The maximum absolute atomic E-state index is 14.4. The van der Waals surface area contributed by atoms with Gasteiger partial charge in [-0.15, -0.1) is 0 Å². The molecule has 3 heterocycles. The van der Waals surface area contributed by atoms with E-state index in [9.17, 15) is 44.4 Å². The van der Waals surface area contributed by atoms with Crippen LogP contribution >= 0.6 is 0 Å². The summed E-state index contributed by atoms with van der Waals surface area (Å²) in [4.78, 5) is 71.8. The highest BCUT2D eigenvalue weighted by Crippen LogP contribution is 2.39. The number of aliphatic hydroxyl groups excluding tert-OH is 3. The number of Topliss-reactive ketones (excluding diaryl/α,β-unsaturated/α-hetero) is 3. The molecule has 1 saturated carbocycles. The van der Waals surface area contributed by atoms with E-state index in [1.807, 2.05) is 58.1 Å². The van der Waals surface area contributed by atoms with Crippen LogP contribution in [0.1, 0.15) is 132 Å². The first-order valence-corrected chi connectivity index (χ1v) is 24.4. The number of nitrogens with zero attached hydrogens (tertiary/aromatic N) is 1. The molecule has 3 fully saturated rings. The topological polar surface area (TPSA) is 197 Å². The van der Waals surface area contributed by atoms with Crippen molar-refractivity contribution in [1.82, 2.24) is 4.90 Å². The SMILES string of the molecule is CO[C@H]1C(=O)[C@H](C)C[C@H](C)C=CC=CC=C(C)[C@@H](CO)C[C@@H]2CC[C@@H](C)[C@@](O)(O2)C(=O)C(=O)N2CCCC[C@H]2C(=O)O[C@H]([C@H](C)C[C@@H]2CC[C@H](C)[C@H](CO)C2)CC(=O)C(C)=CC(C)[C@H]1O. The number of rotatable bonds is 6. The Kier molecular flexibility index (Phi) is 21.0. The number of aliphatic hydroxyl groups is 4. The van der Waals surface area contributed by atoms with E-state index in [4.69, 9.17) is 14.2 Å². The Balaban J connectivity index is 1.70. The van der Waals surface area contributed by atoms with Gasteiger partial charge < -0.3 is 39.5 Å². The van der Waals surface area contributed by atoms with E-state index in [1.54, 1.807) is 26.8 Å². The van der Waals surface area contributed by atoms with Gasteiger partial charge in [-0.05, 0) is 107 Å². The van der Waals surface area contributed by atoms with Gasteiger partial charge in [-0.1, -0.05) is 96.4 Å². The number of carbonyl (C=O) groups excluding carboxylic acids is 5. The highest BCUT2D eigenvalue weighted by atomic mass is 16.6. The molecule has 4 rings (SSSR count). The number of ketones is 3. The molecule has 13 heteroatoms. The molecule has 366 valence electrons. The molecule has 1 amide bonds. The predicted molar refractivity (Wildman–Crippen MR) is 248 cm³/mol. The third-order valence-corrected chi connectivity index (χ3v) is 15.2. The lowest BCUT2D eigenvalue weighted by atomic mass is 9.72. The number of ether oxygens (including phenoxy) is 3. The first-order valence-electron chi connectivity index (χ1n) is 24.4. The average molecular weight is 912 g/mol. The molecule has 0 spiro atoms. The lowest BCUT2D eigenvalue weighted by Crippen LogP contribution is -2.60. The van der Waals surface area contributed by atoms with Crippen molar-refractivity contribution in [3.63, 3.8) is 0 Å². The summed E-state index contributed by atoms with van der Waals surface area (Å²) in [7, 11) is 1.39. The van der Waals surface area contributed by atoms with Crippen LogP contribution in [0.5, 0.6) is 0 Å². The van der Waals surface area contributed by atoms with Crippen LogP contribution in [0.15, 0.2) is 47.6 Å². The van der Waals surface area contributed by atoms with Crippen LogP contribution < -0.4 is 0 Å². The molecule has 1 aliphatic carbocycles. The molecule has 3 aliphatic heterocycles. The maximum atomic E-state index is 14.4. The Morgan fingerprint density at radius 1 is 0.892 bits per heavy atom. The third kappa shape index (κ3) is 14.3. The van der Waals surface area contributed by atoms with Gasteiger partial charge in [0.15, 0.2) is 11.6 Å². The van der Waals surface area contributed by atoms with E-state index in [0.29, 0.717) is 56.4 Å². The Morgan fingerprint density at radius 3 is 2.29 bits per heavy atom. The van der Waals surface area contributed by atoms with Gasteiger partial charge in [0, 0.05) is 57.0 Å². The van der Waals surface area contributed by atoms with Crippen molar-refractivity contribution in [3.05, 3.63) is 47.6 Å². The summed E-state index contributed by atoms with van der Waals surface area (Å²) in [6, 6.07) is -1.14. The van der Waals surface area contributed by atoms with Crippen molar-refractivity contribution in [2.24, 2.45) is 53.3 Å². The zero-order valence-corrected chi connectivity index (χ0v) is 40.7. The molecule has 1 unspecified atom stereocenters. The second-order valence-corrected chi connectivity index (χ2v) is 20.3. The minimum absolute atomic E-state index is 0.0129. The zero-order chi connectivity index (χ0) is 48.2. The Labute approximate surface area is 388 Å². The first kappa shape index (κ1) is 54.3. The fourth-order valence-corrected chi connectivity index (χ4v) is 10.5. The summed E-state index contributed by atoms with van der Waals surface area (Å²) in [5, 5.41) is 43.9. The lowest BCUT2D eigenvalue weighted by Gasteiger charge is -2.43. The average Bonchev–Trinajstić information content (AvgIpc) is 3.28. The molecule has 13 nitrogen and oxygen atoms in total. The summed E-state index contributed by atoms with van der Waals surface area (Å²) in [5.41, 5.74) is 1.18. The summed E-state index contributed by atoms with van der Waals surface area (Å²) >= 11 is 0. The van der Waals surface area contributed by atoms with Crippen molar-refractivity contribution in [2.75, 3.05) is 26.9 Å². The number of esters is 1. The van der Waals surface area contributed by atoms with Gasteiger partial charge in [0.1, 0.15) is 18.2 Å². The summed E-state index contributed by atoms with van der Waals surface area (Å²) in [5.74, 6) is -7.61. The molecule has 4 N–H and O–H groups in total. The van der Waals surface area contributed by atoms with Gasteiger partial charge in [0.25, 0.3) is 11.7 Å². The van der Waals surface area contributed by atoms with Crippen LogP contribution in [0.2, 0.25) is 0 Å². The number of hydrogen-bond donors (Lipinski definition) is 4. The Hall–Kier alpha value is -3.33. The monoisotopic (exact) mass is 912 g/mol. The number of hydrogen-bond acceptors (Lipinski definition) is 12. The lowest BCUT2D eigenvalue weighted by molar-refractivity contribution is -0.265. The number of carbonyl (C=O) groups is 5. The molecule has 4 aliphatic rings. The van der Waals surface area contributed by atoms with Crippen LogP contribution in [-0.2, 0) is 38.2 Å². The number of methoxy groups -OCH3 is 1. The van der Waals surface area contributed by atoms with E-state index < -0.39 is 71.7 Å². The number of cyclic esters (lactones) is 1. The van der Waals surface area contributed by atoms with Crippen molar-refractivity contribution in [2.45, 2.75) is 169 Å². The maximum Gasteiger partial charge on any atom is 0.329 e. The highest BCUT2D eigenvalue weighted by molar-refractivity contribution is 6.39. The highest BCUT2D eigenvalue weighted by Gasteiger charge is 2.53. The predicted octanol–water partition coefficient (Wildman–Crippen LogP) is 6.64. The summed E-state index contributed by atoms with van der Waals surface area (Å²) < 4.78 is 18.0. The van der Waals surface area contributed by atoms with Crippen LogP contribution in [0.4, 0.5) is 0 Å². The molecule has 0 aromatic heterocycles. The van der Waals surface area contributed by atoms with Gasteiger partial charge in [-0.2, -0.15) is 0 Å². The number of amides is 1. The quantitative estimate of drug-likeness (QED) is 0.164. The second-order valence-electron chi connectivity index (χ2n) is 20.3. The Bertz CT molecular complexity index is 1750. The normalized spacial score (nSPS) is 37.8. The van der Waals surface area contributed by atoms with Crippen molar-refractivity contribution in [3.8, 4) is 0 Å². The molecule has 2 bridgehead atoms. The summed E-state index contributed by atoms with van der Waals surface area (Å²) in [6.07, 6.45) is 13.4. The van der Waals surface area contributed by atoms with Gasteiger partial charge in [0.2, 0.25) is 5.79 Å². The second kappa shape index (κ2) is 25.2. The van der Waals surface area contributed by atoms with E-state index in [2.05, 4.69) is 6.92 Å². The smallest absolute Gasteiger partial charge is 0.329 e. The van der Waals surface area contributed by atoms with E-state index >= 15 is 0 Å². The number of allylic oxidation sites excluding steroid dienone is 6. The molecular formula is C52H81NO12. The van der Waals surface area contributed by atoms with E-state index in [1.165, 1.54) is 12.0 Å². The molecule has 15 atom stereocenters. The standard InChI is InChI=1S/C52H81NO12/c1-31-15-11-10-12-16-32(2)41(30-55)27-42-21-19-38(8)52(62,65-42)49(59)50(60)53-22-14-13-17-43(53)51(61)64-45(35(5)25-39-20-18-33(3)40(26-39)29-54)28-44(56)34(4)24-37(7)47(58)48(63-9)46(57)36(6)23-31/h10-12,15-16,24,31,33,35-43,45,47-48,54-55,58,62H,13-14,17-23,25-30H2,1-9H3/t31-,33+,35-,36-,37?,38-,39+,40+,41-,42+,43+,45+,47-,48+,52-/m1/s1. The molecule has 0 radical (unpaired) electrons. The minimum atomic E-state index is -2.44. The largest absolute Gasteiger partial charge is 0.460 e. The van der Waals surface area contributed by atoms with Crippen LogP contribution in [0, 0.1) is 53.3 Å². The fourth-order valence-electron chi connectivity index (χ4n) is 10.5. The minimum Gasteiger partial charge on any atom is -0.460 e. The molecule has 2 saturated heterocycles. The van der Waals surface area contributed by atoms with Crippen molar-refractivity contribution >= 4 is 29.2 Å². The van der Waals surface area contributed by atoms with Crippen LogP contribution in [-0.4, -0.2) is 118 Å². The van der Waals surface area contributed by atoms with E-state index in [-0.39, 0.29) is 73.8 Å².